The highest BCUT2D eigenvalue weighted by Crippen LogP contribution is 2.37. The lowest BCUT2D eigenvalue weighted by Crippen LogP contribution is -2.24. The van der Waals surface area contributed by atoms with Gasteiger partial charge in [0.15, 0.2) is 11.4 Å². The van der Waals surface area contributed by atoms with E-state index < -0.39 is 0 Å². The van der Waals surface area contributed by atoms with E-state index >= 15 is 0 Å². The normalized spacial score (nSPS) is 10.5. The van der Waals surface area contributed by atoms with Crippen molar-refractivity contribution in [3.63, 3.8) is 0 Å². The van der Waals surface area contributed by atoms with Gasteiger partial charge in [-0.2, -0.15) is 5.10 Å². The summed E-state index contributed by atoms with van der Waals surface area (Å²) in [5, 5.41) is 16.0. The molecule has 0 saturated heterocycles. The molecule has 37 heavy (non-hydrogen) atoms. The molecule has 0 radical (unpaired) electrons. The summed E-state index contributed by atoms with van der Waals surface area (Å²) < 4.78 is 21.8. The number of fused-ring (bicyclic) bond motifs is 1. The van der Waals surface area contributed by atoms with E-state index in [9.17, 15) is 0 Å². The van der Waals surface area contributed by atoms with Crippen LogP contribution in [0.2, 0.25) is 0 Å². The number of nitrogens with zero attached hydrogens (tertiary/aromatic N) is 3. The van der Waals surface area contributed by atoms with Gasteiger partial charge in [-0.15, -0.1) is 0 Å². The fourth-order valence-electron chi connectivity index (χ4n) is 3.44. The number of likely N-dealkylation sites (N-methyl/N-ethyl adjacent to an activating group) is 1. The first-order valence-electron chi connectivity index (χ1n) is 11.6. The number of carbonyl (C=O) groups is 1. The highest BCUT2D eigenvalue weighted by molar-refractivity contribution is 8.00. The number of methoxy groups -OCH3 is 2. The molecule has 2 aromatic heterocycles. The molecule has 10 nitrogen and oxygen atoms in total. The van der Waals surface area contributed by atoms with Crippen LogP contribution in [0.25, 0.3) is 11.0 Å². The Bertz CT molecular complexity index is 1280. The minimum Gasteiger partial charge on any atom is -0.496 e. The molecule has 4 rings (SSSR count). The van der Waals surface area contributed by atoms with Gasteiger partial charge in [0, 0.05) is 31.4 Å². The molecule has 0 aliphatic heterocycles. The van der Waals surface area contributed by atoms with Crippen molar-refractivity contribution in [1.82, 2.24) is 25.6 Å². The van der Waals surface area contributed by atoms with E-state index in [1.54, 1.807) is 14.2 Å². The number of ether oxygens (including phenoxy) is 2. The summed E-state index contributed by atoms with van der Waals surface area (Å²) in [6.45, 7) is 6.33. The van der Waals surface area contributed by atoms with Gasteiger partial charge in [0.25, 0.3) is 0 Å². The molecule has 0 bridgehead atoms. The molecule has 0 aliphatic carbocycles. The molecule has 3 N–H and O–H groups in total. The number of para-hydroxylation sites is 1. The lowest BCUT2D eigenvalue weighted by atomic mass is 10.1. The zero-order valence-corrected chi connectivity index (χ0v) is 22.0. The maximum absolute atomic E-state index is 9.06. The summed E-state index contributed by atoms with van der Waals surface area (Å²) in [4.78, 5) is 10.0. The SMILES string of the molecule is C=CC=O.CNCCNCc1cnn(Cc2cc(OC)c3c(NSc4ccccc4OC)noc3c2)c1. The van der Waals surface area contributed by atoms with Gasteiger partial charge in [-0.1, -0.05) is 23.9 Å². The molecule has 11 heteroatoms. The molecule has 0 spiro atoms. The number of benzene rings is 2. The fraction of sp³-hybridized carbons (Fsp3) is 0.269. The topological polar surface area (TPSA) is 115 Å². The zero-order valence-electron chi connectivity index (χ0n) is 21.2. The molecule has 0 unspecified atom stereocenters. The van der Waals surface area contributed by atoms with Crippen LogP contribution in [0.3, 0.4) is 0 Å². The zero-order chi connectivity index (χ0) is 26.5. The van der Waals surface area contributed by atoms with Gasteiger partial charge in [-0.25, -0.2) is 0 Å². The molecule has 0 fully saturated rings. The Balaban J connectivity index is 0.000000886. The molecule has 0 saturated carbocycles. The molecule has 4 aromatic rings. The van der Waals surface area contributed by atoms with Crippen LogP contribution in [-0.4, -0.2) is 55.6 Å². The standard InChI is InChI=1S/C23H28N6O3S.C3H4O/c1-24-8-9-25-12-17-13-26-29(15-17)14-16-10-19(31-3)22-20(11-16)32-27-23(22)28-33-21-7-5-4-6-18(21)30-2;1-2-3-4/h4-7,10-11,13,15,24-25H,8-9,12,14H2,1-3H3,(H,27,28);2-3H,1H2. The van der Waals surface area contributed by atoms with E-state index in [1.165, 1.54) is 18.0 Å². The van der Waals surface area contributed by atoms with Gasteiger partial charge >= 0.3 is 0 Å². The first-order valence-corrected chi connectivity index (χ1v) is 12.4. The molecule has 0 aliphatic rings. The Morgan fingerprint density at radius 3 is 2.65 bits per heavy atom. The Labute approximate surface area is 220 Å². The van der Waals surface area contributed by atoms with Crippen molar-refractivity contribution in [3.8, 4) is 11.5 Å². The second kappa shape index (κ2) is 14.7. The van der Waals surface area contributed by atoms with Crippen molar-refractivity contribution in [2.45, 2.75) is 18.0 Å². The lowest BCUT2D eigenvalue weighted by molar-refractivity contribution is -0.104. The van der Waals surface area contributed by atoms with Gasteiger partial charge < -0.3 is 29.4 Å². The minimum absolute atomic E-state index is 0.596. The fourth-order valence-corrected chi connectivity index (χ4v) is 4.18. The van der Waals surface area contributed by atoms with Crippen molar-refractivity contribution in [1.29, 1.82) is 0 Å². The quantitative estimate of drug-likeness (QED) is 0.103. The molecule has 0 amide bonds. The minimum atomic E-state index is 0.596. The summed E-state index contributed by atoms with van der Waals surface area (Å²) in [6.07, 6.45) is 5.76. The van der Waals surface area contributed by atoms with Crippen LogP contribution in [0.15, 0.2) is 70.9 Å². The lowest BCUT2D eigenvalue weighted by Gasteiger charge is -2.09. The van der Waals surface area contributed by atoms with Crippen LogP contribution in [0, 0.1) is 0 Å². The maximum atomic E-state index is 9.06. The largest absolute Gasteiger partial charge is 0.496 e. The Morgan fingerprint density at radius 2 is 1.92 bits per heavy atom. The molecular formula is C26H32N6O4S. The van der Waals surface area contributed by atoms with Crippen molar-refractivity contribution in [2.75, 3.05) is 39.1 Å². The smallest absolute Gasteiger partial charge is 0.191 e. The molecule has 0 atom stereocenters. The van der Waals surface area contributed by atoms with Gasteiger partial charge in [0.2, 0.25) is 0 Å². The third-order valence-corrected chi connectivity index (χ3v) is 6.01. The predicted molar refractivity (Wildman–Crippen MR) is 146 cm³/mol. The first-order chi connectivity index (χ1) is 18.1. The van der Waals surface area contributed by atoms with Gasteiger partial charge in [-0.3, -0.25) is 9.48 Å². The second-order valence-corrected chi connectivity index (χ2v) is 8.60. The average Bonchev–Trinajstić information content (AvgIpc) is 3.56. The summed E-state index contributed by atoms with van der Waals surface area (Å²) >= 11 is 1.41. The van der Waals surface area contributed by atoms with Crippen LogP contribution in [-0.2, 0) is 17.9 Å². The Hall–Kier alpha value is -3.80. The number of nitrogens with one attached hydrogen (secondary N) is 3. The molecule has 2 aromatic carbocycles. The maximum Gasteiger partial charge on any atom is 0.191 e. The highest BCUT2D eigenvalue weighted by Gasteiger charge is 2.16. The van der Waals surface area contributed by atoms with Crippen LogP contribution < -0.4 is 24.8 Å². The van der Waals surface area contributed by atoms with E-state index in [0.29, 0.717) is 30.0 Å². The van der Waals surface area contributed by atoms with Crippen molar-refractivity contribution in [2.24, 2.45) is 0 Å². The summed E-state index contributed by atoms with van der Waals surface area (Å²) in [6, 6.07) is 11.7. The number of hydrogen-bond donors (Lipinski definition) is 3. The monoisotopic (exact) mass is 524 g/mol. The number of hydrogen-bond acceptors (Lipinski definition) is 10. The number of allylic oxidation sites excluding steroid dienone is 1. The summed E-state index contributed by atoms with van der Waals surface area (Å²) in [7, 11) is 5.24. The third-order valence-electron chi connectivity index (χ3n) is 5.15. The van der Waals surface area contributed by atoms with E-state index in [-0.39, 0.29) is 0 Å². The van der Waals surface area contributed by atoms with E-state index in [1.807, 2.05) is 60.5 Å². The van der Waals surface area contributed by atoms with Crippen LogP contribution >= 0.6 is 11.9 Å². The summed E-state index contributed by atoms with van der Waals surface area (Å²) in [5.41, 5.74) is 2.80. The number of anilines is 1. The number of aldehydes is 1. The number of rotatable bonds is 13. The first kappa shape index (κ1) is 27.8. The van der Waals surface area contributed by atoms with E-state index in [0.717, 1.165) is 46.8 Å². The Morgan fingerprint density at radius 1 is 1.14 bits per heavy atom. The van der Waals surface area contributed by atoms with Gasteiger partial charge in [0.1, 0.15) is 23.2 Å². The van der Waals surface area contributed by atoms with Crippen molar-refractivity contribution >= 4 is 35.0 Å². The highest BCUT2D eigenvalue weighted by atomic mass is 32.2. The molecule has 2 heterocycles. The van der Waals surface area contributed by atoms with Gasteiger partial charge in [0.05, 0.1) is 31.9 Å². The van der Waals surface area contributed by atoms with E-state index in [4.69, 9.17) is 18.8 Å². The third kappa shape index (κ3) is 7.84. The molecule has 196 valence electrons. The van der Waals surface area contributed by atoms with Crippen LogP contribution in [0.1, 0.15) is 11.1 Å². The number of carbonyl (C=O) groups excluding carboxylic acids is 1. The van der Waals surface area contributed by atoms with Crippen LogP contribution in [0.4, 0.5) is 5.82 Å². The van der Waals surface area contributed by atoms with E-state index in [2.05, 4.69) is 32.2 Å². The van der Waals surface area contributed by atoms with Crippen LogP contribution in [0.5, 0.6) is 11.5 Å². The number of aromatic nitrogens is 3. The van der Waals surface area contributed by atoms with Gasteiger partial charge in [-0.05, 0) is 54.9 Å². The Kier molecular flexibility index (Phi) is 11.0. The average molecular weight is 525 g/mol. The van der Waals surface area contributed by atoms with Crippen molar-refractivity contribution < 1.29 is 18.8 Å². The second-order valence-electron chi connectivity index (χ2n) is 7.76. The van der Waals surface area contributed by atoms with Crippen molar-refractivity contribution in [3.05, 3.63) is 72.6 Å². The predicted octanol–water partition coefficient (Wildman–Crippen LogP) is 3.89. The summed E-state index contributed by atoms with van der Waals surface area (Å²) in [5.74, 6) is 2.07. The molecular weight excluding hydrogens is 492 g/mol.